The molecule has 0 radical (unpaired) electrons. The molecule has 3 amide bonds. The van der Waals surface area contributed by atoms with E-state index < -0.39 is 0 Å². The van der Waals surface area contributed by atoms with Crippen LogP contribution in [0.25, 0.3) is 0 Å². The number of nitrogens with zero attached hydrogens (tertiary/aromatic N) is 2. The zero-order chi connectivity index (χ0) is 16.7. The summed E-state index contributed by atoms with van der Waals surface area (Å²) in [5.74, 6) is -0.0103. The predicted molar refractivity (Wildman–Crippen MR) is 86.6 cm³/mol. The molecule has 0 atom stereocenters. The van der Waals surface area contributed by atoms with Crippen molar-refractivity contribution in [2.75, 3.05) is 32.7 Å². The Hall–Kier alpha value is -2.37. The third-order valence-electron chi connectivity index (χ3n) is 3.95. The molecular weight excluding hydrogens is 294 g/mol. The summed E-state index contributed by atoms with van der Waals surface area (Å²) in [4.78, 5) is 38.6. The van der Waals surface area contributed by atoms with Gasteiger partial charge >= 0.3 is 0 Å². The first kappa shape index (κ1) is 17.0. The van der Waals surface area contributed by atoms with Crippen LogP contribution >= 0.6 is 0 Å². The lowest BCUT2D eigenvalue weighted by atomic mass is 10.1. The van der Waals surface area contributed by atoms with Crippen LogP contribution in [0.1, 0.15) is 18.9 Å². The first-order valence-electron chi connectivity index (χ1n) is 7.90. The highest BCUT2D eigenvalue weighted by molar-refractivity contribution is 5.80. The van der Waals surface area contributed by atoms with Gasteiger partial charge in [-0.05, 0) is 5.56 Å². The quantitative estimate of drug-likeness (QED) is 0.856. The molecule has 0 bridgehead atoms. The van der Waals surface area contributed by atoms with Gasteiger partial charge in [-0.2, -0.15) is 0 Å². The van der Waals surface area contributed by atoms with E-state index in [1.54, 1.807) is 16.7 Å². The summed E-state index contributed by atoms with van der Waals surface area (Å²) in [5.41, 5.74) is 0.955. The monoisotopic (exact) mass is 317 g/mol. The Balaban J connectivity index is 1.65. The molecule has 0 aromatic heterocycles. The van der Waals surface area contributed by atoms with Gasteiger partial charge < -0.3 is 15.1 Å². The Bertz CT molecular complexity index is 551. The van der Waals surface area contributed by atoms with Gasteiger partial charge in [-0.1, -0.05) is 30.3 Å². The van der Waals surface area contributed by atoms with Crippen LogP contribution in [0, 0.1) is 0 Å². The molecule has 0 spiro atoms. The van der Waals surface area contributed by atoms with Gasteiger partial charge in [0.15, 0.2) is 0 Å². The summed E-state index contributed by atoms with van der Waals surface area (Å²) in [6.07, 6.45) is 0.618. The Morgan fingerprint density at radius 2 is 1.61 bits per heavy atom. The molecular formula is C17H23N3O3. The zero-order valence-corrected chi connectivity index (χ0v) is 13.5. The smallest absolute Gasteiger partial charge is 0.224 e. The molecule has 1 fully saturated rings. The molecule has 1 N–H and O–H groups in total. The van der Waals surface area contributed by atoms with E-state index in [4.69, 9.17) is 0 Å². The molecule has 1 saturated heterocycles. The fraction of sp³-hybridized carbons (Fsp3) is 0.471. The molecule has 1 aromatic carbocycles. The lowest BCUT2D eigenvalue weighted by Gasteiger charge is -2.34. The Morgan fingerprint density at radius 3 is 2.22 bits per heavy atom. The van der Waals surface area contributed by atoms with Crippen molar-refractivity contribution in [3.05, 3.63) is 35.9 Å². The molecule has 2 rings (SSSR count). The van der Waals surface area contributed by atoms with Crippen molar-refractivity contribution in [3.63, 3.8) is 0 Å². The molecule has 6 nitrogen and oxygen atoms in total. The van der Waals surface area contributed by atoms with Crippen LogP contribution in [0.4, 0.5) is 0 Å². The number of piperazine rings is 1. The maximum atomic E-state index is 12.1. The van der Waals surface area contributed by atoms with Crippen molar-refractivity contribution >= 4 is 17.7 Å². The van der Waals surface area contributed by atoms with Gasteiger partial charge in [-0.15, -0.1) is 0 Å². The number of carbonyl (C=O) groups is 3. The van der Waals surface area contributed by atoms with Crippen molar-refractivity contribution in [1.82, 2.24) is 15.1 Å². The predicted octanol–water partition coefficient (Wildman–Crippen LogP) is 0.426. The van der Waals surface area contributed by atoms with Gasteiger partial charge in [0, 0.05) is 46.1 Å². The maximum absolute atomic E-state index is 12.1. The van der Waals surface area contributed by atoms with Gasteiger partial charge in [-0.3, -0.25) is 14.4 Å². The van der Waals surface area contributed by atoms with Crippen LogP contribution < -0.4 is 5.32 Å². The molecule has 1 aliphatic heterocycles. The van der Waals surface area contributed by atoms with E-state index in [2.05, 4.69) is 5.32 Å². The molecule has 0 saturated carbocycles. The summed E-state index contributed by atoms with van der Waals surface area (Å²) in [6, 6.07) is 9.50. The summed E-state index contributed by atoms with van der Waals surface area (Å²) < 4.78 is 0. The van der Waals surface area contributed by atoms with E-state index in [0.717, 1.165) is 5.56 Å². The largest absolute Gasteiger partial charge is 0.355 e. The third kappa shape index (κ3) is 5.39. The lowest BCUT2D eigenvalue weighted by molar-refractivity contribution is -0.138. The summed E-state index contributed by atoms with van der Waals surface area (Å²) in [7, 11) is 0. The van der Waals surface area contributed by atoms with Gasteiger partial charge in [0.25, 0.3) is 0 Å². The first-order chi connectivity index (χ1) is 11.1. The fourth-order valence-electron chi connectivity index (χ4n) is 2.58. The summed E-state index contributed by atoms with van der Waals surface area (Å²) in [5, 5.41) is 2.78. The molecule has 124 valence electrons. The second kappa shape index (κ2) is 8.31. The molecule has 0 aliphatic carbocycles. The van der Waals surface area contributed by atoms with Gasteiger partial charge in [-0.25, -0.2) is 0 Å². The summed E-state index contributed by atoms with van der Waals surface area (Å²) in [6.45, 7) is 4.19. The van der Waals surface area contributed by atoms with Crippen LogP contribution in [-0.2, 0) is 20.8 Å². The van der Waals surface area contributed by atoms with Crippen LogP contribution in [0.15, 0.2) is 30.3 Å². The molecule has 23 heavy (non-hydrogen) atoms. The number of hydrogen-bond donors (Lipinski definition) is 1. The zero-order valence-electron chi connectivity index (χ0n) is 13.5. The standard InChI is InChI=1S/C17H23N3O3/c1-14(21)19-9-11-20(12-10-19)17(23)7-8-18-16(22)13-15-5-3-2-4-6-15/h2-6H,7-13H2,1H3,(H,18,22). The normalized spacial score (nSPS) is 14.5. The van der Waals surface area contributed by atoms with Gasteiger partial charge in [0.05, 0.1) is 6.42 Å². The van der Waals surface area contributed by atoms with E-state index in [-0.39, 0.29) is 17.7 Å². The molecule has 6 heteroatoms. The van der Waals surface area contributed by atoms with Crippen molar-refractivity contribution in [2.24, 2.45) is 0 Å². The Morgan fingerprint density at radius 1 is 1.00 bits per heavy atom. The average molecular weight is 317 g/mol. The number of nitrogens with one attached hydrogen (secondary N) is 1. The van der Waals surface area contributed by atoms with E-state index >= 15 is 0 Å². The fourth-order valence-corrected chi connectivity index (χ4v) is 2.58. The van der Waals surface area contributed by atoms with Crippen LogP contribution in [-0.4, -0.2) is 60.2 Å². The van der Waals surface area contributed by atoms with Crippen LogP contribution in [0.3, 0.4) is 0 Å². The number of benzene rings is 1. The van der Waals surface area contributed by atoms with Crippen LogP contribution in [0.5, 0.6) is 0 Å². The van der Waals surface area contributed by atoms with Crippen molar-refractivity contribution in [2.45, 2.75) is 19.8 Å². The van der Waals surface area contributed by atoms with Crippen LogP contribution in [0.2, 0.25) is 0 Å². The third-order valence-corrected chi connectivity index (χ3v) is 3.95. The number of hydrogen-bond acceptors (Lipinski definition) is 3. The highest BCUT2D eigenvalue weighted by atomic mass is 16.2. The van der Waals surface area contributed by atoms with E-state index in [0.29, 0.717) is 45.6 Å². The van der Waals surface area contributed by atoms with E-state index in [1.165, 1.54) is 0 Å². The van der Waals surface area contributed by atoms with E-state index in [1.807, 2.05) is 30.3 Å². The molecule has 0 unspecified atom stereocenters. The molecule has 1 heterocycles. The minimum Gasteiger partial charge on any atom is -0.355 e. The average Bonchev–Trinajstić information content (AvgIpc) is 2.55. The first-order valence-corrected chi connectivity index (χ1v) is 7.90. The van der Waals surface area contributed by atoms with Crippen molar-refractivity contribution in [3.8, 4) is 0 Å². The van der Waals surface area contributed by atoms with E-state index in [9.17, 15) is 14.4 Å². The second-order valence-electron chi connectivity index (χ2n) is 5.65. The highest BCUT2D eigenvalue weighted by Crippen LogP contribution is 2.04. The Labute approximate surface area is 136 Å². The topological polar surface area (TPSA) is 69.7 Å². The number of amides is 3. The molecule has 1 aromatic rings. The maximum Gasteiger partial charge on any atom is 0.224 e. The number of rotatable bonds is 5. The SMILES string of the molecule is CC(=O)N1CCN(C(=O)CCNC(=O)Cc2ccccc2)CC1. The minimum atomic E-state index is -0.0783. The highest BCUT2D eigenvalue weighted by Gasteiger charge is 2.21. The second-order valence-corrected chi connectivity index (χ2v) is 5.65. The van der Waals surface area contributed by atoms with Crippen molar-refractivity contribution in [1.29, 1.82) is 0 Å². The number of carbonyl (C=O) groups excluding carboxylic acids is 3. The summed E-state index contributed by atoms with van der Waals surface area (Å²) >= 11 is 0. The van der Waals surface area contributed by atoms with Gasteiger partial charge in [0.2, 0.25) is 17.7 Å². The van der Waals surface area contributed by atoms with Gasteiger partial charge in [0.1, 0.15) is 0 Å². The molecule has 1 aliphatic rings. The Kier molecular flexibility index (Phi) is 6.14. The van der Waals surface area contributed by atoms with Crippen molar-refractivity contribution < 1.29 is 14.4 Å². The lowest BCUT2D eigenvalue weighted by Crippen LogP contribution is -2.50. The minimum absolute atomic E-state index is 0.0215.